The summed E-state index contributed by atoms with van der Waals surface area (Å²) in [5.74, 6) is 0.855. The number of hydrogen-bond donors (Lipinski definition) is 0. The van der Waals surface area contributed by atoms with Crippen LogP contribution in [0.2, 0.25) is 0 Å². The maximum Gasteiger partial charge on any atom is 0.349 e. The summed E-state index contributed by atoms with van der Waals surface area (Å²) in [5, 5.41) is 3.15. The van der Waals surface area contributed by atoms with Crippen LogP contribution in [0.3, 0.4) is 0 Å². The van der Waals surface area contributed by atoms with Crippen molar-refractivity contribution >= 4 is 54.3 Å². The van der Waals surface area contributed by atoms with E-state index >= 15 is 0 Å². The third-order valence-corrected chi connectivity index (χ3v) is 7.25. The van der Waals surface area contributed by atoms with Crippen LogP contribution < -0.4 is 20.0 Å². The van der Waals surface area contributed by atoms with Gasteiger partial charge in [0.25, 0.3) is 5.91 Å². The van der Waals surface area contributed by atoms with Crippen molar-refractivity contribution < 1.29 is 18.7 Å². The molecule has 182 valence electrons. The minimum Gasteiger partial charge on any atom is -0.454 e. The summed E-state index contributed by atoms with van der Waals surface area (Å²) >= 11 is 1.38. The monoisotopic (exact) mass is 501 g/mol. The van der Waals surface area contributed by atoms with E-state index in [1.807, 2.05) is 56.6 Å². The molecule has 0 unspecified atom stereocenters. The molecule has 0 atom stereocenters. The highest BCUT2D eigenvalue weighted by Crippen LogP contribution is 2.40. The Morgan fingerprint density at radius 2 is 1.81 bits per heavy atom. The van der Waals surface area contributed by atoms with Gasteiger partial charge in [0, 0.05) is 24.1 Å². The number of nitrogens with zero attached hydrogens (tertiary/aromatic N) is 3. The fraction of sp³-hybridized carbons (Fsp3) is 0.222. The van der Waals surface area contributed by atoms with Crippen LogP contribution in [0, 0.1) is 0 Å². The van der Waals surface area contributed by atoms with Crippen molar-refractivity contribution in [3.63, 3.8) is 0 Å². The van der Waals surface area contributed by atoms with Crippen LogP contribution in [0.25, 0.3) is 32.0 Å². The number of thiazole rings is 1. The Balaban J connectivity index is 1.44. The second kappa shape index (κ2) is 8.92. The van der Waals surface area contributed by atoms with Crippen molar-refractivity contribution in [2.24, 2.45) is 0 Å². The van der Waals surface area contributed by atoms with Crippen molar-refractivity contribution in [1.29, 1.82) is 0 Å². The molecule has 3 heterocycles. The molecule has 1 aliphatic rings. The molecular weight excluding hydrogens is 478 g/mol. The third kappa shape index (κ3) is 3.96. The van der Waals surface area contributed by atoms with Gasteiger partial charge in [-0.2, -0.15) is 0 Å². The zero-order valence-electron chi connectivity index (χ0n) is 19.8. The first kappa shape index (κ1) is 22.5. The average molecular weight is 502 g/mol. The van der Waals surface area contributed by atoms with E-state index in [4.69, 9.17) is 18.9 Å². The third-order valence-electron chi connectivity index (χ3n) is 6.21. The summed E-state index contributed by atoms with van der Waals surface area (Å²) in [6.45, 7) is 1.36. The normalized spacial score (nSPS) is 12.8. The first-order valence-corrected chi connectivity index (χ1v) is 12.4. The lowest BCUT2D eigenvalue weighted by Crippen LogP contribution is -2.36. The predicted molar refractivity (Wildman–Crippen MR) is 141 cm³/mol. The molecule has 6 rings (SSSR count). The molecule has 9 heteroatoms. The molecule has 0 radical (unpaired) electrons. The van der Waals surface area contributed by atoms with Crippen LogP contribution in [-0.2, 0) is 0 Å². The Morgan fingerprint density at radius 1 is 1.00 bits per heavy atom. The zero-order valence-corrected chi connectivity index (χ0v) is 20.6. The molecule has 0 saturated heterocycles. The van der Waals surface area contributed by atoms with Gasteiger partial charge in [-0.05, 0) is 50.0 Å². The van der Waals surface area contributed by atoms with Gasteiger partial charge < -0.3 is 18.8 Å². The molecule has 1 amide bonds. The topological polar surface area (TPSA) is 85.1 Å². The van der Waals surface area contributed by atoms with Gasteiger partial charge in [0.1, 0.15) is 11.1 Å². The molecule has 0 saturated carbocycles. The smallest absolute Gasteiger partial charge is 0.349 e. The molecule has 0 fully saturated rings. The minimum atomic E-state index is -0.665. The molecule has 36 heavy (non-hydrogen) atoms. The summed E-state index contributed by atoms with van der Waals surface area (Å²) in [6.07, 6.45) is 0.708. The van der Waals surface area contributed by atoms with Crippen molar-refractivity contribution in [2.75, 3.05) is 38.9 Å². The largest absolute Gasteiger partial charge is 0.454 e. The van der Waals surface area contributed by atoms with E-state index < -0.39 is 11.5 Å². The standard InChI is InChI=1S/C27H23N3O5S/c1-29(2)10-5-11-30(27-28-20-13-22-23(34-15-33-22)14-24(20)36-27)25(31)19-12-18-17-7-4-3-6-16(17)8-9-21(18)35-26(19)32/h3-4,6-9,12-14H,5,10-11,15H2,1-2H3. The molecule has 3 aromatic carbocycles. The van der Waals surface area contributed by atoms with E-state index in [0.29, 0.717) is 40.7 Å². The lowest BCUT2D eigenvalue weighted by Gasteiger charge is -2.20. The van der Waals surface area contributed by atoms with E-state index in [1.54, 1.807) is 17.0 Å². The van der Waals surface area contributed by atoms with Crippen LogP contribution in [0.4, 0.5) is 5.13 Å². The number of rotatable bonds is 6. The Bertz CT molecular complexity index is 1650. The Labute approximate surface area is 210 Å². The van der Waals surface area contributed by atoms with Gasteiger partial charge in [-0.15, -0.1) is 0 Å². The minimum absolute atomic E-state index is 0.0166. The number of benzene rings is 3. The van der Waals surface area contributed by atoms with Crippen LogP contribution in [0.15, 0.2) is 63.8 Å². The summed E-state index contributed by atoms with van der Waals surface area (Å²) in [5.41, 5.74) is 0.476. The molecule has 0 spiro atoms. The highest BCUT2D eigenvalue weighted by molar-refractivity contribution is 7.22. The van der Waals surface area contributed by atoms with Crippen molar-refractivity contribution in [3.8, 4) is 11.5 Å². The fourth-order valence-electron chi connectivity index (χ4n) is 4.42. The number of ether oxygens (including phenoxy) is 2. The van der Waals surface area contributed by atoms with Crippen molar-refractivity contribution in [1.82, 2.24) is 9.88 Å². The zero-order chi connectivity index (χ0) is 24.8. The molecule has 0 aliphatic carbocycles. The van der Waals surface area contributed by atoms with E-state index in [9.17, 15) is 9.59 Å². The van der Waals surface area contributed by atoms with E-state index in [-0.39, 0.29) is 12.4 Å². The number of carbonyl (C=O) groups excluding carboxylic acids is 1. The van der Waals surface area contributed by atoms with Gasteiger partial charge in [-0.1, -0.05) is 41.7 Å². The summed E-state index contributed by atoms with van der Waals surface area (Å²) in [4.78, 5) is 35.2. The van der Waals surface area contributed by atoms with Crippen molar-refractivity contribution in [3.05, 3.63) is 70.6 Å². The second-order valence-corrected chi connectivity index (χ2v) is 9.94. The van der Waals surface area contributed by atoms with Crippen molar-refractivity contribution in [2.45, 2.75) is 6.42 Å². The lowest BCUT2D eigenvalue weighted by molar-refractivity contribution is 0.0982. The Morgan fingerprint density at radius 3 is 2.64 bits per heavy atom. The Kier molecular flexibility index (Phi) is 5.58. The SMILES string of the molecule is CN(C)CCCN(C(=O)c1cc2c(ccc3ccccc32)oc1=O)c1nc2cc3c(cc2s1)OCO3. The van der Waals surface area contributed by atoms with Gasteiger partial charge in [-0.3, -0.25) is 9.69 Å². The predicted octanol–water partition coefficient (Wildman–Crippen LogP) is 4.88. The second-order valence-electron chi connectivity index (χ2n) is 8.93. The number of fused-ring (bicyclic) bond motifs is 5. The summed E-state index contributed by atoms with van der Waals surface area (Å²) in [7, 11) is 3.96. The van der Waals surface area contributed by atoms with E-state index in [0.717, 1.165) is 27.4 Å². The maximum absolute atomic E-state index is 13.9. The van der Waals surface area contributed by atoms with Crippen LogP contribution in [0.5, 0.6) is 11.5 Å². The first-order valence-electron chi connectivity index (χ1n) is 11.6. The van der Waals surface area contributed by atoms with Gasteiger partial charge in [0.05, 0.1) is 10.2 Å². The van der Waals surface area contributed by atoms with Crippen LogP contribution in [-0.4, -0.2) is 49.8 Å². The molecule has 8 nitrogen and oxygen atoms in total. The van der Waals surface area contributed by atoms with Gasteiger partial charge in [0.2, 0.25) is 6.79 Å². The number of amides is 1. The Hall–Kier alpha value is -3.95. The molecule has 5 aromatic rings. The van der Waals surface area contributed by atoms with Gasteiger partial charge >= 0.3 is 5.63 Å². The van der Waals surface area contributed by atoms with E-state index in [1.165, 1.54) is 11.3 Å². The molecule has 1 aliphatic heterocycles. The highest BCUT2D eigenvalue weighted by atomic mass is 32.1. The average Bonchev–Trinajstić information content (AvgIpc) is 3.49. The number of hydrogen-bond acceptors (Lipinski definition) is 8. The number of aromatic nitrogens is 1. The lowest BCUT2D eigenvalue weighted by atomic mass is 10.0. The maximum atomic E-state index is 13.9. The molecule has 0 bridgehead atoms. The highest BCUT2D eigenvalue weighted by Gasteiger charge is 2.26. The molecule has 2 aromatic heterocycles. The van der Waals surface area contributed by atoms with Gasteiger partial charge in [0.15, 0.2) is 16.6 Å². The fourth-order valence-corrected chi connectivity index (χ4v) is 5.42. The first-order chi connectivity index (χ1) is 17.5. The molecule has 0 N–H and O–H groups in total. The molecular formula is C27H23N3O5S. The van der Waals surface area contributed by atoms with E-state index in [2.05, 4.69) is 4.90 Å². The number of carbonyl (C=O) groups is 1. The van der Waals surface area contributed by atoms with Crippen LogP contribution >= 0.6 is 11.3 Å². The summed E-state index contributed by atoms with van der Waals surface area (Å²) in [6, 6.07) is 16.8. The van der Waals surface area contributed by atoms with Crippen LogP contribution in [0.1, 0.15) is 16.8 Å². The quantitative estimate of drug-likeness (QED) is 0.242. The summed E-state index contributed by atoms with van der Waals surface area (Å²) < 4.78 is 17.4. The number of anilines is 1. The van der Waals surface area contributed by atoms with Gasteiger partial charge in [-0.25, -0.2) is 9.78 Å².